The molecule has 0 saturated carbocycles. The number of hydrogen-bond donors (Lipinski definition) is 1. The predicted octanol–water partition coefficient (Wildman–Crippen LogP) is 1.66. The Morgan fingerprint density at radius 2 is 1.73 bits per heavy atom. The minimum absolute atomic E-state index is 0.852. The molecule has 0 aromatic heterocycles. The van der Waals surface area contributed by atoms with Gasteiger partial charge < -0.3 is 15.5 Å². The van der Waals surface area contributed by atoms with E-state index < -0.39 is 0 Å². The van der Waals surface area contributed by atoms with Crippen molar-refractivity contribution >= 4 is 11.4 Å². The monoisotopic (exact) mass is 207 g/mol. The first-order chi connectivity index (χ1) is 7.11. The van der Waals surface area contributed by atoms with E-state index in [9.17, 15) is 0 Å². The molecule has 84 valence electrons. The highest BCUT2D eigenvalue weighted by atomic mass is 15.1. The van der Waals surface area contributed by atoms with Gasteiger partial charge in [0.1, 0.15) is 0 Å². The van der Waals surface area contributed by atoms with Crippen LogP contribution in [0.3, 0.4) is 0 Å². The quantitative estimate of drug-likeness (QED) is 0.745. The molecule has 0 saturated heterocycles. The van der Waals surface area contributed by atoms with Crippen molar-refractivity contribution in [1.82, 2.24) is 4.90 Å². The Hall–Kier alpha value is -1.22. The number of nitrogens with zero attached hydrogens (tertiary/aromatic N) is 2. The molecule has 0 amide bonds. The fourth-order valence-electron chi connectivity index (χ4n) is 1.58. The van der Waals surface area contributed by atoms with Crippen LogP contribution in [0.25, 0.3) is 0 Å². The second kappa shape index (κ2) is 5.61. The first-order valence-electron chi connectivity index (χ1n) is 5.31. The summed E-state index contributed by atoms with van der Waals surface area (Å²) in [6, 6.07) is 7.99. The van der Waals surface area contributed by atoms with Gasteiger partial charge >= 0.3 is 0 Å². The van der Waals surface area contributed by atoms with Crippen molar-refractivity contribution in [1.29, 1.82) is 0 Å². The number of anilines is 2. The summed E-state index contributed by atoms with van der Waals surface area (Å²) < 4.78 is 0. The summed E-state index contributed by atoms with van der Waals surface area (Å²) in [5, 5.41) is 0. The number of benzene rings is 1. The molecule has 15 heavy (non-hydrogen) atoms. The van der Waals surface area contributed by atoms with Gasteiger partial charge in [0.05, 0.1) is 11.4 Å². The molecule has 3 nitrogen and oxygen atoms in total. The largest absolute Gasteiger partial charge is 0.397 e. The summed E-state index contributed by atoms with van der Waals surface area (Å²) in [5.74, 6) is 0. The molecule has 3 heteroatoms. The normalized spacial score (nSPS) is 10.7. The SMILES string of the molecule is CN(C)CCCN(C)c1ccccc1N. The zero-order valence-electron chi connectivity index (χ0n) is 9.90. The Morgan fingerprint density at radius 3 is 2.33 bits per heavy atom. The Kier molecular flexibility index (Phi) is 4.43. The molecule has 0 radical (unpaired) electrons. The first kappa shape index (κ1) is 11.9. The third-order valence-electron chi connectivity index (χ3n) is 2.45. The van der Waals surface area contributed by atoms with Gasteiger partial charge in [0.25, 0.3) is 0 Å². The van der Waals surface area contributed by atoms with Crippen LogP contribution in [0.1, 0.15) is 6.42 Å². The summed E-state index contributed by atoms with van der Waals surface area (Å²) in [6.07, 6.45) is 1.15. The molecule has 1 aromatic carbocycles. The Labute approximate surface area is 92.5 Å². The van der Waals surface area contributed by atoms with Crippen LogP contribution in [0.2, 0.25) is 0 Å². The average Bonchev–Trinajstić information content (AvgIpc) is 2.17. The van der Waals surface area contributed by atoms with Crippen LogP contribution in [0.15, 0.2) is 24.3 Å². The van der Waals surface area contributed by atoms with Gasteiger partial charge in [0, 0.05) is 13.6 Å². The zero-order chi connectivity index (χ0) is 11.3. The maximum atomic E-state index is 5.90. The Morgan fingerprint density at radius 1 is 1.07 bits per heavy atom. The van der Waals surface area contributed by atoms with E-state index >= 15 is 0 Å². The molecule has 0 aliphatic carbocycles. The summed E-state index contributed by atoms with van der Waals surface area (Å²) >= 11 is 0. The van der Waals surface area contributed by atoms with Crippen LogP contribution in [0.5, 0.6) is 0 Å². The van der Waals surface area contributed by atoms with E-state index in [4.69, 9.17) is 5.73 Å². The summed E-state index contributed by atoms with van der Waals surface area (Å²) in [7, 11) is 6.27. The van der Waals surface area contributed by atoms with Gasteiger partial charge in [-0.1, -0.05) is 12.1 Å². The summed E-state index contributed by atoms with van der Waals surface area (Å²) in [4.78, 5) is 4.40. The lowest BCUT2D eigenvalue weighted by molar-refractivity contribution is 0.402. The lowest BCUT2D eigenvalue weighted by atomic mass is 10.2. The smallest absolute Gasteiger partial charge is 0.0597 e. The standard InChI is InChI=1S/C12H21N3/c1-14(2)9-6-10-15(3)12-8-5-4-7-11(12)13/h4-5,7-8H,6,9-10,13H2,1-3H3. The number of rotatable bonds is 5. The van der Waals surface area contributed by atoms with Gasteiger partial charge in [0.15, 0.2) is 0 Å². The lowest BCUT2D eigenvalue weighted by Gasteiger charge is -2.21. The maximum Gasteiger partial charge on any atom is 0.0597 e. The molecule has 2 N–H and O–H groups in total. The molecule has 0 aliphatic rings. The van der Waals surface area contributed by atoms with Crippen molar-refractivity contribution in [3.63, 3.8) is 0 Å². The second-order valence-electron chi connectivity index (χ2n) is 4.14. The van der Waals surface area contributed by atoms with Crippen LogP contribution in [-0.4, -0.2) is 39.1 Å². The fourth-order valence-corrected chi connectivity index (χ4v) is 1.58. The van der Waals surface area contributed by atoms with E-state index in [1.165, 1.54) is 0 Å². The molecule has 0 aliphatic heterocycles. The van der Waals surface area contributed by atoms with E-state index in [-0.39, 0.29) is 0 Å². The third kappa shape index (κ3) is 3.80. The van der Waals surface area contributed by atoms with E-state index in [1.807, 2.05) is 18.2 Å². The molecule has 0 spiro atoms. The van der Waals surface area contributed by atoms with Crippen molar-refractivity contribution in [2.24, 2.45) is 0 Å². The second-order valence-corrected chi connectivity index (χ2v) is 4.14. The molecule has 1 rings (SSSR count). The number of nitrogen functional groups attached to an aromatic ring is 1. The minimum atomic E-state index is 0.852. The summed E-state index contributed by atoms with van der Waals surface area (Å²) in [6.45, 7) is 2.14. The van der Waals surface area contributed by atoms with Gasteiger partial charge in [-0.3, -0.25) is 0 Å². The van der Waals surface area contributed by atoms with Gasteiger partial charge in [-0.2, -0.15) is 0 Å². The number of para-hydroxylation sites is 2. The highest BCUT2D eigenvalue weighted by Crippen LogP contribution is 2.20. The first-order valence-corrected chi connectivity index (χ1v) is 5.31. The van der Waals surface area contributed by atoms with Crippen molar-refractivity contribution in [3.05, 3.63) is 24.3 Å². The van der Waals surface area contributed by atoms with Crippen LogP contribution >= 0.6 is 0 Å². The van der Waals surface area contributed by atoms with Crippen LogP contribution in [0, 0.1) is 0 Å². The van der Waals surface area contributed by atoms with E-state index in [0.717, 1.165) is 30.9 Å². The summed E-state index contributed by atoms with van der Waals surface area (Å²) in [5.41, 5.74) is 7.87. The zero-order valence-corrected chi connectivity index (χ0v) is 9.90. The van der Waals surface area contributed by atoms with Crippen molar-refractivity contribution in [2.45, 2.75) is 6.42 Å². The highest BCUT2D eigenvalue weighted by Gasteiger charge is 2.03. The number of hydrogen-bond acceptors (Lipinski definition) is 3. The molecule has 0 fully saturated rings. The van der Waals surface area contributed by atoms with Crippen LogP contribution < -0.4 is 10.6 Å². The van der Waals surface area contributed by atoms with E-state index in [1.54, 1.807) is 0 Å². The Balaban J connectivity index is 2.47. The topological polar surface area (TPSA) is 32.5 Å². The third-order valence-corrected chi connectivity index (χ3v) is 2.45. The average molecular weight is 207 g/mol. The van der Waals surface area contributed by atoms with Gasteiger partial charge in [-0.25, -0.2) is 0 Å². The van der Waals surface area contributed by atoms with Gasteiger partial charge in [0.2, 0.25) is 0 Å². The molecular formula is C12H21N3. The maximum absolute atomic E-state index is 5.90. The van der Waals surface area contributed by atoms with Crippen molar-refractivity contribution in [2.75, 3.05) is 44.9 Å². The number of nitrogens with two attached hydrogens (primary N) is 1. The lowest BCUT2D eigenvalue weighted by Crippen LogP contribution is -2.23. The molecule has 1 aromatic rings. The molecular weight excluding hydrogens is 186 g/mol. The highest BCUT2D eigenvalue weighted by molar-refractivity contribution is 5.66. The van der Waals surface area contributed by atoms with Crippen LogP contribution in [-0.2, 0) is 0 Å². The molecule has 0 bridgehead atoms. The minimum Gasteiger partial charge on any atom is -0.397 e. The Bertz CT molecular complexity index is 297. The molecule has 0 heterocycles. The van der Waals surface area contributed by atoms with Crippen LogP contribution in [0.4, 0.5) is 11.4 Å². The van der Waals surface area contributed by atoms with Gasteiger partial charge in [-0.15, -0.1) is 0 Å². The van der Waals surface area contributed by atoms with Crippen molar-refractivity contribution < 1.29 is 0 Å². The molecule has 0 atom stereocenters. The van der Waals surface area contributed by atoms with Crippen molar-refractivity contribution in [3.8, 4) is 0 Å². The van der Waals surface area contributed by atoms with E-state index in [0.29, 0.717) is 0 Å². The predicted molar refractivity (Wildman–Crippen MR) is 67.3 cm³/mol. The molecule has 0 unspecified atom stereocenters. The van der Waals surface area contributed by atoms with E-state index in [2.05, 4.69) is 37.0 Å². The fraction of sp³-hybridized carbons (Fsp3) is 0.500. The van der Waals surface area contributed by atoms with Gasteiger partial charge in [-0.05, 0) is 39.2 Å².